The Morgan fingerprint density at radius 2 is 1.67 bits per heavy atom. The summed E-state index contributed by atoms with van der Waals surface area (Å²) < 4.78 is 44.7. The minimum Gasteiger partial charge on any atom is -0.486 e. The molecule has 3 aromatic rings. The summed E-state index contributed by atoms with van der Waals surface area (Å²) >= 11 is 6.01. The predicted octanol–water partition coefficient (Wildman–Crippen LogP) is 3.74. The van der Waals surface area contributed by atoms with E-state index in [1.54, 1.807) is 30.3 Å². The Hall–Kier alpha value is -2.75. The Balaban J connectivity index is 1.58. The summed E-state index contributed by atoms with van der Waals surface area (Å²) in [4.78, 5) is 8.79. The highest BCUT2D eigenvalue weighted by Gasteiger charge is 2.33. The Morgan fingerprint density at radius 1 is 0.970 bits per heavy atom. The molecule has 0 saturated carbocycles. The number of anilines is 1. The molecular formula is C23H24ClN3O5S. The molecule has 0 atom stereocenters. The largest absolute Gasteiger partial charge is 0.486 e. The lowest BCUT2D eigenvalue weighted by molar-refractivity contribution is 0.171. The lowest BCUT2D eigenvalue weighted by atomic mass is 10.2. The Labute approximate surface area is 197 Å². The number of ether oxygens (including phenoxy) is 2. The zero-order chi connectivity index (χ0) is 23.0. The van der Waals surface area contributed by atoms with Gasteiger partial charge in [0, 0.05) is 42.8 Å². The van der Waals surface area contributed by atoms with E-state index in [0.29, 0.717) is 48.4 Å². The van der Waals surface area contributed by atoms with Gasteiger partial charge in [0.1, 0.15) is 13.2 Å². The maximum absolute atomic E-state index is 13.7. The number of benzene rings is 2. The lowest BCUT2D eigenvalue weighted by Crippen LogP contribution is -2.46. The fourth-order valence-electron chi connectivity index (χ4n) is 3.96. The van der Waals surface area contributed by atoms with Gasteiger partial charge in [-0.1, -0.05) is 18.5 Å². The zero-order valence-corrected chi connectivity index (χ0v) is 19.7. The van der Waals surface area contributed by atoms with Crippen LogP contribution in [0.1, 0.15) is 6.92 Å². The van der Waals surface area contributed by atoms with E-state index in [4.69, 9.17) is 25.5 Å². The molecule has 3 heterocycles. The number of oxazole rings is 1. The molecule has 8 nitrogen and oxygen atoms in total. The summed E-state index contributed by atoms with van der Waals surface area (Å²) in [5.74, 6) is 1.42. The van der Waals surface area contributed by atoms with Crippen LogP contribution in [0.15, 0.2) is 56.8 Å². The highest BCUT2D eigenvalue weighted by Crippen LogP contribution is 2.38. The van der Waals surface area contributed by atoms with Crippen molar-refractivity contribution in [1.82, 2.24) is 9.88 Å². The Kier molecular flexibility index (Phi) is 5.94. The lowest BCUT2D eigenvalue weighted by Gasteiger charge is -2.33. The van der Waals surface area contributed by atoms with Crippen molar-refractivity contribution in [2.45, 2.75) is 16.8 Å². The van der Waals surface area contributed by atoms with E-state index in [1.165, 1.54) is 12.1 Å². The van der Waals surface area contributed by atoms with Gasteiger partial charge in [0.2, 0.25) is 26.6 Å². The predicted molar refractivity (Wildman–Crippen MR) is 124 cm³/mol. The number of hydrogen-bond donors (Lipinski definition) is 0. The van der Waals surface area contributed by atoms with Gasteiger partial charge in [-0.05, 0) is 42.9 Å². The van der Waals surface area contributed by atoms with Crippen molar-refractivity contribution in [3.8, 4) is 23.0 Å². The molecule has 0 spiro atoms. The fraction of sp³-hybridized carbons (Fsp3) is 0.348. The summed E-state index contributed by atoms with van der Waals surface area (Å²) in [6, 6.07) is 11.6. The van der Waals surface area contributed by atoms with Gasteiger partial charge >= 0.3 is 0 Å². The number of sulfone groups is 1. The van der Waals surface area contributed by atoms with Crippen LogP contribution >= 0.6 is 11.6 Å². The van der Waals surface area contributed by atoms with Crippen molar-refractivity contribution in [2.75, 3.05) is 50.8 Å². The van der Waals surface area contributed by atoms with E-state index >= 15 is 0 Å². The standard InChI is InChI=1S/C23H24ClN3O5S/c1-2-26-9-11-27(12-10-26)23-22(25-21(32-23)16-3-5-17(24)6-4-16)33(28,29)18-7-8-19-20(15-18)31-14-13-30-19/h3-8,15H,2,9-14H2,1H3. The molecule has 2 aliphatic heterocycles. The summed E-state index contributed by atoms with van der Waals surface area (Å²) in [7, 11) is -3.99. The highest BCUT2D eigenvalue weighted by atomic mass is 35.5. The zero-order valence-electron chi connectivity index (χ0n) is 18.2. The van der Waals surface area contributed by atoms with E-state index in [2.05, 4.69) is 16.8 Å². The van der Waals surface area contributed by atoms with E-state index in [-0.39, 0.29) is 21.7 Å². The van der Waals surface area contributed by atoms with E-state index < -0.39 is 9.84 Å². The van der Waals surface area contributed by atoms with Crippen LogP contribution in [0.25, 0.3) is 11.5 Å². The number of likely N-dealkylation sites (N-methyl/N-ethyl adjacent to an activating group) is 1. The van der Waals surface area contributed by atoms with Crippen LogP contribution in [-0.4, -0.2) is 64.2 Å². The van der Waals surface area contributed by atoms with Crippen LogP contribution in [0.4, 0.5) is 5.88 Å². The maximum Gasteiger partial charge on any atom is 0.236 e. The van der Waals surface area contributed by atoms with Gasteiger partial charge in [0.05, 0.1) is 4.90 Å². The normalized spacial score (nSPS) is 16.7. The molecule has 0 N–H and O–H groups in total. The van der Waals surface area contributed by atoms with Crippen molar-refractivity contribution in [2.24, 2.45) is 0 Å². The SMILES string of the molecule is CCN1CCN(c2oc(-c3ccc(Cl)cc3)nc2S(=O)(=O)c2ccc3c(c2)OCCO3)CC1. The molecule has 0 radical (unpaired) electrons. The topological polar surface area (TPSA) is 85.1 Å². The smallest absolute Gasteiger partial charge is 0.236 e. The van der Waals surface area contributed by atoms with Gasteiger partial charge in [0.25, 0.3) is 0 Å². The third-order valence-corrected chi connectivity index (χ3v) is 7.76. The molecule has 5 rings (SSSR count). The molecule has 10 heteroatoms. The summed E-state index contributed by atoms with van der Waals surface area (Å²) in [5, 5.41) is 0.472. The first-order valence-corrected chi connectivity index (χ1v) is 12.7. The fourth-order valence-corrected chi connectivity index (χ4v) is 5.42. The molecule has 33 heavy (non-hydrogen) atoms. The van der Waals surface area contributed by atoms with Gasteiger partial charge in [0.15, 0.2) is 11.5 Å². The summed E-state index contributed by atoms with van der Waals surface area (Å²) in [6.45, 7) is 6.78. The Bertz CT molecular complexity index is 1250. The average Bonchev–Trinajstić information content (AvgIpc) is 3.30. The van der Waals surface area contributed by atoms with Crippen molar-refractivity contribution >= 4 is 27.3 Å². The first-order valence-electron chi connectivity index (χ1n) is 10.8. The molecule has 1 saturated heterocycles. The molecule has 2 aliphatic rings. The van der Waals surface area contributed by atoms with Crippen molar-refractivity contribution < 1.29 is 22.3 Å². The number of aromatic nitrogens is 1. The third-order valence-electron chi connectivity index (χ3n) is 5.86. The van der Waals surface area contributed by atoms with Gasteiger partial charge in [-0.3, -0.25) is 0 Å². The summed E-state index contributed by atoms with van der Waals surface area (Å²) in [5.41, 5.74) is 0.650. The minimum absolute atomic E-state index is 0.0798. The number of hydrogen-bond acceptors (Lipinski definition) is 8. The van der Waals surface area contributed by atoms with Crippen LogP contribution in [-0.2, 0) is 9.84 Å². The maximum atomic E-state index is 13.7. The number of halogens is 1. The van der Waals surface area contributed by atoms with Gasteiger partial charge in [-0.2, -0.15) is 4.98 Å². The number of piperazine rings is 1. The molecule has 2 aromatic carbocycles. The second-order valence-corrected chi connectivity index (χ2v) is 10.2. The van der Waals surface area contributed by atoms with E-state index in [9.17, 15) is 8.42 Å². The first-order chi connectivity index (χ1) is 16.0. The number of rotatable bonds is 5. The van der Waals surface area contributed by atoms with Crippen LogP contribution in [0.3, 0.4) is 0 Å². The number of nitrogens with zero attached hydrogens (tertiary/aromatic N) is 3. The first kappa shape index (κ1) is 22.1. The quantitative estimate of drug-likeness (QED) is 0.536. The van der Waals surface area contributed by atoms with Crippen molar-refractivity contribution in [3.05, 3.63) is 47.5 Å². The third kappa shape index (κ3) is 4.28. The van der Waals surface area contributed by atoms with E-state index in [0.717, 1.165) is 19.6 Å². The van der Waals surface area contributed by atoms with Gasteiger partial charge in [-0.25, -0.2) is 8.42 Å². The molecule has 0 aliphatic carbocycles. The van der Waals surface area contributed by atoms with Gasteiger partial charge < -0.3 is 23.7 Å². The number of fused-ring (bicyclic) bond motifs is 1. The molecular weight excluding hydrogens is 466 g/mol. The second kappa shape index (κ2) is 8.89. The van der Waals surface area contributed by atoms with Crippen molar-refractivity contribution in [3.63, 3.8) is 0 Å². The Morgan fingerprint density at radius 3 is 2.36 bits per heavy atom. The second-order valence-electron chi connectivity index (χ2n) is 7.87. The molecule has 174 valence electrons. The monoisotopic (exact) mass is 489 g/mol. The van der Waals surface area contributed by atoms with Crippen LogP contribution in [0, 0.1) is 0 Å². The molecule has 0 amide bonds. The van der Waals surface area contributed by atoms with E-state index in [1.807, 2.05) is 4.90 Å². The molecule has 0 bridgehead atoms. The summed E-state index contributed by atoms with van der Waals surface area (Å²) in [6.07, 6.45) is 0. The molecule has 0 unspecified atom stereocenters. The highest BCUT2D eigenvalue weighted by molar-refractivity contribution is 7.91. The van der Waals surface area contributed by atoms with Crippen LogP contribution < -0.4 is 14.4 Å². The van der Waals surface area contributed by atoms with Gasteiger partial charge in [-0.15, -0.1) is 0 Å². The molecule has 1 fully saturated rings. The van der Waals surface area contributed by atoms with Crippen LogP contribution in [0.2, 0.25) is 5.02 Å². The van der Waals surface area contributed by atoms with Crippen LogP contribution in [0.5, 0.6) is 11.5 Å². The minimum atomic E-state index is -3.99. The average molecular weight is 490 g/mol. The van der Waals surface area contributed by atoms with Crippen molar-refractivity contribution in [1.29, 1.82) is 0 Å². The molecule has 1 aromatic heterocycles.